The summed E-state index contributed by atoms with van der Waals surface area (Å²) in [5, 5.41) is 9.83. The minimum atomic E-state index is -0.412. The molecule has 3 heteroatoms. The second-order valence-electron chi connectivity index (χ2n) is 3.83. The Balaban J connectivity index is 2.26. The molecule has 0 aliphatic heterocycles. The lowest BCUT2D eigenvalue weighted by atomic mass is 9.91. The topological polar surface area (TPSA) is 20.2 Å². The van der Waals surface area contributed by atoms with Gasteiger partial charge in [-0.25, -0.2) is 0 Å². The summed E-state index contributed by atoms with van der Waals surface area (Å²) in [6.07, 6.45) is 1.68. The van der Waals surface area contributed by atoms with Crippen LogP contribution in [0.1, 0.15) is 18.4 Å². The normalized spacial score (nSPS) is 20.5. The number of halogens is 2. The van der Waals surface area contributed by atoms with E-state index in [2.05, 4.69) is 28.1 Å². The van der Waals surface area contributed by atoms with Crippen LogP contribution in [0, 0.1) is 0 Å². The molecule has 0 bridgehead atoms. The Labute approximate surface area is 97.2 Å². The van der Waals surface area contributed by atoms with Crippen LogP contribution in [0.15, 0.2) is 28.7 Å². The van der Waals surface area contributed by atoms with Gasteiger partial charge in [0.25, 0.3) is 0 Å². The van der Waals surface area contributed by atoms with E-state index in [9.17, 15) is 5.11 Å². The Kier molecular flexibility index (Phi) is 2.87. The van der Waals surface area contributed by atoms with Gasteiger partial charge in [-0.15, -0.1) is 11.6 Å². The molecule has 1 aliphatic carbocycles. The first-order valence-corrected chi connectivity index (χ1v) is 6.02. The van der Waals surface area contributed by atoms with Crippen molar-refractivity contribution in [2.45, 2.75) is 24.4 Å². The van der Waals surface area contributed by atoms with Crippen LogP contribution in [-0.4, -0.2) is 17.1 Å². The first-order chi connectivity index (χ1) is 6.69. The Hall–Kier alpha value is -0.0500. The van der Waals surface area contributed by atoms with E-state index < -0.39 is 6.10 Å². The molecule has 1 fully saturated rings. The van der Waals surface area contributed by atoms with Gasteiger partial charge in [-0.05, 0) is 30.5 Å². The molecule has 0 saturated heterocycles. The van der Waals surface area contributed by atoms with Crippen molar-refractivity contribution in [2.75, 3.05) is 5.88 Å². The van der Waals surface area contributed by atoms with Crippen molar-refractivity contribution in [3.05, 3.63) is 34.3 Å². The smallest absolute Gasteiger partial charge is 0.0771 e. The van der Waals surface area contributed by atoms with Crippen molar-refractivity contribution in [3.63, 3.8) is 0 Å². The Morgan fingerprint density at radius 2 is 1.93 bits per heavy atom. The second kappa shape index (κ2) is 3.84. The van der Waals surface area contributed by atoms with Crippen LogP contribution >= 0.6 is 27.5 Å². The summed E-state index contributed by atoms with van der Waals surface area (Å²) in [7, 11) is 0. The summed E-state index contributed by atoms with van der Waals surface area (Å²) in [6.45, 7) is 0. The molecule has 14 heavy (non-hydrogen) atoms. The second-order valence-corrected chi connectivity index (χ2v) is 5.06. The van der Waals surface area contributed by atoms with Crippen molar-refractivity contribution in [1.29, 1.82) is 0 Å². The number of hydrogen-bond acceptors (Lipinski definition) is 1. The van der Waals surface area contributed by atoms with Crippen LogP contribution in [-0.2, 0) is 5.41 Å². The molecule has 1 saturated carbocycles. The standard InChI is InChI=1S/C11H12BrClO/c12-9-3-1-8(2-4-9)11(5-6-11)10(14)7-13/h1-4,10,14H,5-7H2. The van der Waals surface area contributed by atoms with Gasteiger partial charge < -0.3 is 5.11 Å². The van der Waals surface area contributed by atoms with E-state index in [0.717, 1.165) is 17.3 Å². The van der Waals surface area contributed by atoms with E-state index in [0.29, 0.717) is 5.88 Å². The molecule has 1 aliphatic rings. The van der Waals surface area contributed by atoms with E-state index in [-0.39, 0.29) is 5.41 Å². The minimum absolute atomic E-state index is 0.0531. The number of hydrogen-bond donors (Lipinski definition) is 1. The molecule has 2 rings (SSSR count). The maximum atomic E-state index is 9.83. The summed E-state index contributed by atoms with van der Waals surface area (Å²) in [5.74, 6) is 0.316. The molecule has 0 heterocycles. The first kappa shape index (κ1) is 10.5. The predicted octanol–water partition coefficient (Wildman–Crippen LogP) is 3.08. The summed E-state index contributed by atoms with van der Waals surface area (Å²) in [4.78, 5) is 0. The average Bonchev–Trinajstić information content (AvgIpc) is 2.99. The van der Waals surface area contributed by atoms with Gasteiger partial charge in [0.1, 0.15) is 0 Å². The fourth-order valence-electron chi connectivity index (χ4n) is 1.88. The van der Waals surface area contributed by atoms with Gasteiger partial charge >= 0.3 is 0 Å². The molecule has 1 atom stereocenters. The SMILES string of the molecule is OC(CCl)C1(c2ccc(Br)cc2)CC1. The van der Waals surface area contributed by atoms with E-state index >= 15 is 0 Å². The van der Waals surface area contributed by atoms with Crippen LogP contribution in [0.5, 0.6) is 0 Å². The predicted molar refractivity (Wildman–Crippen MR) is 61.8 cm³/mol. The van der Waals surface area contributed by atoms with Crippen LogP contribution in [0.2, 0.25) is 0 Å². The zero-order chi connectivity index (χ0) is 10.2. The largest absolute Gasteiger partial charge is 0.391 e. The molecule has 1 unspecified atom stereocenters. The van der Waals surface area contributed by atoms with Crippen LogP contribution in [0.25, 0.3) is 0 Å². The maximum Gasteiger partial charge on any atom is 0.0771 e. The third kappa shape index (κ3) is 1.71. The lowest BCUT2D eigenvalue weighted by Gasteiger charge is -2.20. The Morgan fingerprint density at radius 1 is 1.36 bits per heavy atom. The van der Waals surface area contributed by atoms with Crippen molar-refractivity contribution in [2.24, 2.45) is 0 Å². The molecular weight excluding hydrogens is 263 g/mol. The molecule has 0 radical (unpaired) electrons. The highest BCUT2D eigenvalue weighted by atomic mass is 79.9. The van der Waals surface area contributed by atoms with Crippen molar-refractivity contribution in [3.8, 4) is 0 Å². The minimum Gasteiger partial charge on any atom is -0.391 e. The number of alkyl halides is 1. The van der Waals surface area contributed by atoms with Crippen LogP contribution < -0.4 is 0 Å². The van der Waals surface area contributed by atoms with Crippen molar-refractivity contribution in [1.82, 2.24) is 0 Å². The zero-order valence-corrected chi connectivity index (χ0v) is 10.1. The average molecular weight is 276 g/mol. The zero-order valence-electron chi connectivity index (χ0n) is 7.71. The molecular formula is C11H12BrClO. The summed E-state index contributed by atoms with van der Waals surface area (Å²) >= 11 is 9.10. The molecule has 1 aromatic rings. The highest BCUT2D eigenvalue weighted by molar-refractivity contribution is 9.10. The van der Waals surface area contributed by atoms with Gasteiger partial charge in [0, 0.05) is 15.8 Å². The fourth-order valence-corrected chi connectivity index (χ4v) is 2.44. The van der Waals surface area contributed by atoms with E-state index in [4.69, 9.17) is 11.6 Å². The fraction of sp³-hybridized carbons (Fsp3) is 0.455. The van der Waals surface area contributed by atoms with Gasteiger partial charge in [-0.2, -0.15) is 0 Å². The van der Waals surface area contributed by atoms with Crippen LogP contribution in [0.4, 0.5) is 0 Å². The molecule has 0 amide bonds. The summed E-state index contributed by atoms with van der Waals surface area (Å²) in [5.41, 5.74) is 1.15. The highest BCUT2D eigenvalue weighted by Crippen LogP contribution is 2.51. The molecule has 1 N–H and O–H groups in total. The number of aliphatic hydroxyl groups excluding tert-OH is 1. The Bertz CT molecular complexity index is 319. The number of benzene rings is 1. The Morgan fingerprint density at radius 3 is 2.36 bits per heavy atom. The molecule has 0 aromatic heterocycles. The van der Waals surface area contributed by atoms with Gasteiger partial charge in [-0.3, -0.25) is 0 Å². The van der Waals surface area contributed by atoms with Crippen molar-refractivity contribution < 1.29 is 5.11 Å². The van der Waals surface area contributed by atoms with E-state index in [1.165, 1.54) is 5.56 Å². The lowest BCUT2D eigenvalue weighted by Crippen LogP contribution is -2.27. The van der Waals surface area contributed by atoms with E-state index in [1.807, 2.05) is 12.1 Å². The molecule has 0 spiro atoms. The number of rotatable bonds is 3. The van der Waals surface area contributed by atoms with E-state index in [1.54, 1.807) is 0 Å². The summed E-state index contributed by atoms with van der Waals surface area (Å²) < 4.78 is 1.07. The molecule has 1 aromatic carbocycles. The van der Waals surface area contributed by atoms with Gasteiger partial charge in [0.15, 0.2) is 0 Å². The molecule has 76 valence electrons. The van der Waals surface area contributed by atoms with Gasteiger partial charge in [0.2, 0.25) is 0 Å². The van der Waals surface area contributed by atoms with Gasteiger partial charge in [0.05, 0.1) is 6.10 Å². The quantitative estimate of drug-likeness (QED) is 0.841. The maximum absolute atomic E-state index is 9.83. The number of aliphatic hydroxyl groups is 1. The highest BCUT2D eigenvalue weighted by Gasteiger charge is 2.49. The first-order valence-electron chi connectivity index (χ1n) is 4.69. The lowest BCUT2D eigenvalue weighted by molar-refractivity contribution is 0.154. The summed E-state index contributed by atoms with van der Waals surface area (Å²) in [6, 6.07) is 8.15. The third-order valence-electron chi connectivity index (χ3n) is 2.99. The monoisotopic (exact) mass is 274 g/mol. The molecule has 1 nitrogen and oxygen atoms in total. The van der Waals surface area contributed by atoms with Crippen molar-refractivity contribution >= 4 is 27.5 Å². The van der Waals surface area contributed by atoms with Crippen LogP contribution in [0.3, 0.4) is 0 Å². The van der Waals surface area contributed by atoms with Gasteiger partial charge in [-0.1, -0.05) is 28.1 Å². The third-order valence-corrected chi connectivity index (χ3v) is 3.81.